The number of hydrogen-bond donors (Lipinski definition) is 3. The molecule has 5 heteroatoms. The van der Waals surface area contributed by atoms with Crippen LogP contribution in [-0.4, -0.2) is 35.1 Å². The molecule has 0 aliphatic carbocycles. The molecule has 3 unspecified atom stereocenters. The average Bonchev–Trinajstić information content (AvgIpc) is 2.45. The molecule has 5 nitrogen and oxygen atoms in total. The number of carbonyl (C=O) groups is 1. The second kappa shape index (κ2) is 8.35. The van der Waals surface area contributed by atoms with E-state index in [0.29, 0.717) is 6.61 Å². The fourth-order valence-electron chi connectivity index (χ4n) is 1.77. The highest BCUT2D eigenvalue weighted by Gasteiger charge is 2.24. The Hall–Kier alpha value is -1.85. The second-order valence-corrected chi connectivity index (χ2v) is 4.64. The molecule has 1 amide bonds. The fraction of sp³-hybridized carbons (Fsp3) is 0.400. The fourth-order valence-corrected chi connectivity index (χ4v) is 1.77. The second-order valence-electron chi connectivity index (χ2n) is 4.64. The predicted octanol–water partition coefficient (Wildman–Crippen LogP) is 2.02. The van der Waals surface area contributed by atoms with Crippen LogP contribution in [0, 0.1) is 5.92 Å². The third-order valence-electron chi connectivity index (χ3n) is 3.04. The summed E-state index contributed by atoms with van der Waals surface area (Å²) in [6, 6.07) is 8.86. The highest BCUT2D eigenvalue weighted by molar-refractivity contribution is 5.65. The van der Waals surface area contributed by atoms with Crippen molar-refractivity contribution >= 4 is 6.09 Å². The first-order valence-electron chi connectivity index (χ1n) is 6.46. The monoisotopic (exact) mass is 279 g/mol. The van der Waals surface area contributed by atoms with Gasteiger partial charge in [-0.05, 0) is 5.56 Å². The minimum absolute atomic E-state index is 0.0978. The zero-order chi connectivity index (χ0) is 15.0. The van der Waals surface area contributed by atoms with Crippen molar-refractivity contribution in [1.82, 2.24) is 5.32 Å². The normalized spacial score (nSPS) is 15.1. The van der Waals surface area contributed by atoms with Crippen LogP contribution in [0.15, 0.2) is 43.0 Å². The van der Waals surface area contributed by atoms with Gasteiger partial charge in [0.1, 0.15) is 0 Å². The number of amides is 1. The van der Waals surface area contributed by atoms with E-state index in [9.17, 15) is 9.90 Å². The van der Waals surface area contributed by atoms with Crippen molar-refractivity contribution in [3.63, 3.8) is 0 Å². The Morgan fingerprint density at radius 2 is 2.10 bits per heavy atom. The summed E-state index contributed by atoms with van der Waals surface area (Å²) in [7, 11) is 0. The lowest BCUT2D eigenvalue weighted by atomic mass is 9.98. The van der Waals surface area contributed by atoms with E-state index in [1.807, 2.05) is 30.3 Å². The van der Waals surface area contributed by atoms with Gasteiger partial charge in [-0.3, -0.25) is 0 Å². The van der Waals surface area contributed by atoms with E-state index in [0.717, 1.165) is 5.56 Å². The van der Waals surface area contributed by atoms with Gasteiger partial charge >= 0.3 is 6.09 Å². The first-order chi connectivity index (χ1) is 9.54. The lowest BCUT2D eigenvalue weighted by Crippen LogP contribution is -2.48. The number of hydrogen-bond acceptors (Lipinski definition) is 3. The van der Waals surface area contributed by atoms with E-state index in [-0.39, 0.29) is 12.5 Å². The van der Waals surface area contributed by atoms with E-state index in [1.165, 1.54) is 0 Å². The predicted molar refractivity (Wildman–Crippen MR) is 76.4 cm³/mol. The zero-order valence-corrected chi connectivity index (χ0v) is 11.5. The van der Waals surface area contributed by atoms with Crippen LogP contribution >= 0.6 is 0 Å². The summed E-state index contributed by atoms with van der Waals surface area (Å²) >= 11 is 0. The van der Waals surface area contributed by atoms with E-state index in [4.69, 9.17) is 9.84 Å². The molecule has 0 fully saturated rings. The molecule has 1 aromatic rings. The van der Waals surface area contributed by atoms with Gasteiger partial charge in [-0.2, -0.15) is 0 Å². The molecule has 3 N–H and O–H groups in total. The molecule has 0 radical (unpaired) electrons. The van der Waals surface area contributed by atoms with Gasteiger partial charge in [0.2, 0.25) is 0 Å². The molecule has 0 bridgehead atoms. The summed E-state index contributed by atoms with van der Waals surface area (Å²) in [5.74, 6) is -0.229. The van der Waals surface area contributed by atoms with Crippen LogP contribution in [0.4, 0.5) is 4.79 Å². The molecule has 20 heavy (non-hydrogen) atoms. The Bertz CT molecular complexity index is 421. The number of aliphatic hydroxyl groups excluding tert-OH is 1. The summed E-state index contributed by atoms with van der Waals surface area (Å²) in [6.45, 7) is 5.83. The summed E-state index contributed by atoms with van der Waals surface area (Å²) in [4.78, 5) is 10.8. The van der Waals surface area contributed by atoms with Gasteiger partial charge in [0.15, 0.2) is 0 Å². The molecule has 0 heterocycles. The Kier molecular flexibility index (Phi) is 6.76. The van der Waals surface area contributed by atoms with E-state index >= 15 is 0 Å². The third-order valence-corrected chi connectivity index (χ3v) is 3.04. The summed E-state index contributed by atoms with van der Waals surface area (Å²) in [5, 5.41) is 21.1. The van der Waals surface area contributed by atoms with Gasteiger partial charge < -0.3 is 20.3 Å². The highest BCUT2D eigenvalue weighted by atomic mass is 16.5. The van der Waals surface area contributed by atoms with Crippen molar-refractivity contribution in [2.75, 3.05) is 6.61 Å². The molecule has 1 rings (SSSR count). The van der Waals surface area contributed by atoms with E-state index in [1.54, 1.807) is 13.0 Å². The number of benzene rings is 1. The molecule has 3 atom stereocenters. The molecular formula is C15H21NO4. The zero-order valence-electron chi connectivity index (χ0n) is 11.5. The third kappa shape index (κ3) is 5.42. The molecule has 0 saturated carbocycles. The quantitative estimate of drug-likeness (QED) is 0.636. The Morgan fingerprint density at radius 3 is 2.65 bits per heavy atom. The van der Waals surface area contributed by atoms with Crippen LogP contribution in [0.3, 0.4) is 0 Å². The van der Waals surface area contributed by atoms with Crippen LogP contribution in [0.25, 0.3) is 0 Å². The number of ether oxygens (including phenoxy) is 1. The van der Waals surface area contributed by atoms with Gasteiger partial charge in [0, 0.05) is 5.92 Å². The van der Waals surface area contributed by atoms with Crippen molar-refractivity contribution in [3.8, 4) is 0 Å². The minimum atomic E-state index is -1.19. The minimum Gasteiger partial charge on any atom is -0.465 e. The van der Waals surface area contributed by atoms with Crippen LogP contribution in [-0.2, 0) is 11.3 Å². The van der Waals surface area contributed by atoms with Crippen molar-refractivity contribution < 1.29 is 19.7 Å². The van der Waals surface area contributed by atoms with Gasteiger partial charge in [-0.15, -0.1) is 6.58 Å². The lowest BCUT2D eigenvalue weighted by molar-refractivity contribution is 0.0268. The smallest absolute Gasteiger partial charge is 0.405 e. The van der Waals surface area contributed by atoms with E-state index in [2.05, 4.69) is 11.9 Å². The first-order valence-corrected chi connectivity index (χ1v) is 6.46. The lowest BCUT2D eigenvalue weighted by Gasteiger charge is -2.25. The van der Waals surface area contributed by atoms with Gasteiger partial charge in [0.05, 0.1) is 25.4 Å². The highest BCUT2D eigenvalue weighted by Crippen LogP contribution is 2.10. The largest absolute Gasteiger partial charge is 0.465 e. The average molecular weight is 279 g/mol. The maximum absolute atomic E-state index is 10.8. The van der Waals surface area contributed by atoms with Crippen LogP contribution in [0.1, 0.15) is 12.5 Å². The summed E-state index contributed by atoms with van der Waals surface area (Å²) in [5.41, 5.74) is 0.993. The Morgan fingerprint density at radius 1 is 1.45 bits per heavy atom. The first kappa shape index (κ1) is 16.2. The van der Waals surface area contributed by atoms with E-state index < -0.39 is 18.2 Å². The van der Waals surface area contributed by atoms with Crippen molar-refractivity contribution in [2.24, 2.45) is 5.92 Å². The Labute approximate surface area is 118 Å². The molecule has 0 aromatic heterocycles. The SMILES string of the molecule is C=CC(C)C(O)C(COCc1ccccc1)NC(=O)O. The molecular weight excluding hydrogens is 258 g/mol. The maximum Gasteiger partial charge on any atom is 0.405 e. The van der Waals surface area contributed by atoms with Crippen LogP contribution in [0.2, 0.25) is 0 Å². The van der Waals surface area contributed by atoms with Gasteiger partial charge in [0.25, 0.3) is 0 Å². The van der Waals surface area contributed by atoms with Gasteiger partial charge in [-0.1, -0.05) is 43.3 Å². The topological polar surface area (TPSA) is 78.8 Å². The molecule has 1 aromatic carbocycles. The number of carboxylic acid groups (broad SMARTS) is 1. The van der Waals surface area contributed by atoms with Gasteiger partial charge in [-0.25, -0.2) is 4.79 Å². The number of rotatable bonds is 8. The molecule has 0 aliphatic rings. The molecule has 110 valence electrons. The van der Waals surface area contributed by atoms with Crippen LogP contribution in [0.5, 0.6) is 0 Å². The standard InChI is InChI=1S/C15H21NO4/c1-3-11(2)14(17)13(16-15(18)19)10-20-9-12-7-5-4-6-8-12/h3-8,11,13-14,16-17H,1,9-10H2,2H3,(H,18,19). The molecule has 0 saturated heterocycles. The summed E-state index contributed by atoms with van der Waals surface area (Å²) in [6.07, 6.45) is -0.480. The Balaban J connectivity index is 2.52. The number of nitrogens with one attached hydrogen (secondary N) is 1. The van der Waals surface area contributed by atoms with Crippen molar-refractivity contribution in [1.29, 1.82) is 0 Å². The maximum atomic E-state index is 10.8. The molecule has 0 aliphatic heterocycles. The summed E-state index contributed by atoms with van der Waals surface area (Å²) < 4.78 is 5.48. The van der Waals surface area contributed by atoms with Crippen molar-refractivity contribution in [3.05, 3.63) is 48.6 Å². The van der Waals surface area contributed by atoms with Crippen molar-refractivity contribution in [2.45, 2.75) is 25.7 Å². The number of aliphatic hydroxyl groups is 1. The van der Waals surface area contributed by atoms with Crippen LogP contribution < -0.4 is 5.32 Å². The molecule has 0 spiro atoms.